The molecule has 0 bridgehead atoms. The van der Waals surface area contributed by atoms with Gasteiger partial charge >= 0.3 is 6.09 Å². The highest BCUT2D eigenvalue weighted by Gasteiger charge is 2.29. The molecule has 8 heteroatoms. The number of nitrogens with zero attached hydrogens (tertiary/aromatic N) is 2. The summed E-state index contributed by atoms with van der Waals surface area (Å²) in [6.07, 6.45) is 5.72. The number of ether oxygens (including phenoxy) is 1. The van der Waals surface area contributed by atoms with Crippen molar-refractivity contribution in [2.24, 2.45) is 0 Å². The van der Waals surface area contributed by atoms with Crippen molar-refractivity contribution in [3.63, 3.8) is 0 Å². The highest BCUT2D eigenvalue weighted by molar-refractivity contribution is 7.16. The van der Waals surface area contributed by atoms with Crippen LogP contribution in [0.4, 0.5) is 9.80 Å². The Balaban J connectivity index is 1.69. The van der Waals surface area contributed by atoms with Crippen molar-refractivity contribution in [2.45, 2.75) is 45.3 Å². The predicted molar refractivity (Wildman–Crippen MR) is 111 cm³/mol. The first kappa shape index (κ1) is 20.7. The number of carbonyl (C=O) groups is 2. The van der Waals surface area contributed by atoms with E-state index in [1.54, 1.807) is 30.2 Å². The first-order chi connectivity index (χ1) is 13.9. The Kier molecular flexibility index (Phi) is 6.39. The maximum atomic E-state index is 12.2. The first-order valence-electron chi connectivity index (χ1n) is 9.39. The van der Waals surface area contributed by atoms with Crippen LogP contribution in [0.25, 0.3) is 6.08 Å². The van der Waals surface area contributed by atoms with Crippen LogP contribution in [0.15, 0.2) is 28.9 Å². The normalized spacial score (nSPS) is 15.8. The minimum absolute atomic E-state index is 0.0598. The lowest BCUT2D eigenvalue weighted by molar-refractivity contribution is -0.111. The highest BCUT2D eigenvalue weighted by atomic mass is 32.1. The number of hydrogen-bond donors (Lipinski definition) is 1. The smallest absolute Gasteiger partial charge is 0.410 e. The molecule has 1 N–H and O–H groups in total. The van der Waals surface area contributed by atoms with Crippen LogP contribution in [0.2, 0.25) is 0 Å². The molecule has 0 spiro atoms. The van der Waals surface area contributed by atoms with E-state index in [1.165, 1.54) is 23.7 Å². The number of nitriles is 1. The number of anilines is 1. The van der Waals surface area contributed by atoms with Crippen LogP contribution in [0.1, 0.15) is 42.0 Å². The Morgan fingerprint density at radius 3 is 2.93 bits per heavy atom. The van der Waals surface area contributed by atoms with Crippen molar-refractivity contribution in [1.29, 1.82) is 5.26 Å². The monoisotopic (exact) mass is 413 g/mol. The van der Waals surface area contributed by atoms with Gasteiger partial charge in [-0.05, 0) is 50.5 Å². The second kappa shape index (κ2) is 8.97. The van der Waals surface area contributed by atoms with Gasteiger partial charge in [-0.1, -0.05) is 0 Å². The van der Waals surface area contributed by atoms with Crippen molar-refractivity contribution in [1.82, 2.24) is 4.90 Å². The van der Waals surface area contributed by atoms with E-state index in [1.807, 2.05) is 13.8 Å². The van der Waals surface area contributed by atoms with Gasteiger partial charge in [0.25, 0.3) is 0 Å². The van der Waals surface area contributed by atoms with Crippen molar-refractivity contribution in [3.05, 3.63) is 46.2 Å². The lowest BCUT2D eigenvalue weighted by Crippen LogP contribution is -2.37. The van der Waals surface area contributed by atoms with Gasteiger partial charge in [0, 0.05) is 30.5 Å². The molecule has 1 unspecified atom stereocenters. The average Bonchev–Trinajstić information content (AvgIpc) is 3.32. The fourth-order valence-corrected chi connectivity index (χ4v) is 4.26. The third kappa shape index (κ3) is 4.87. The van der Waals surface area contributed by atoms with Gasteiger partial charge < -0.3 is 19.4 Å². The van der Waals surface area contributed by atoms with Gasteiger partial charge in [0.15, 0.2) is 0 Å². The summed E-state index contributed by atoms with van der Waals surface area (Å²) in [5.74, 6) is 0.236. The molecule has 2 amide bonds. The minimum atomic E-state index is -0.345. The summed E-state index contributed by atoms with van der Waals surface area (Å²) >= 11 is 1.37. The predicted octanol–water partition coefficient (Wildman–Crippen LogP) is 4.20. The number of hydrogen-bond acceptors (Lipinski definition) is 6. The number of nitrogens with one attached hydrogen (secondary N) is 1. The Morgan fingerprint density at radius 1 is 1.48 bits per heavy atom. The molecule has 2 aromatic heterocycles. The van der Waals surface area contributed by atoms with E-state index in [2.05, 4.69) is 11.4 Å². The molecule has 152 valence electrons. The molecule has 0 saturated heterocycles. The van der Waals surface area contributed by atoms with E-state index in [-0.39, 0.29) is 24.1 Å². The Labute approximate surface area is 173 Å². The summed E-state index contributed by atoms with van der Waals surface area (Å²) in [5, 5.41) is 12.9. The molecule has 1 aliphatic carbocycles. The maximum absolute atomic E-state index is 12.2. The van der Waals surface area contributed by atoms with Crippen molar-refractivity contribution in [2.75, 3.05) is 12.4 Å². The minimum Gasteiger partial charge on any atom is -0.465 e. The zero-order valence-electron chi connectivity index (χ0n) is 16.6. The van der Waals surface area contributed by atoms with E-state index < -0.39 is 0 Å². The zero-order valence-corrected chi connectivity index (χ0v) is 17.4. The lowest BCUT2D eigenvalue weighted by Gasteiger charge is -2.27. The van der Waals surface area contributed by atoms with Crippen LogP contribution in [0.3, 0.4) is 0 Å². The average molecular weight is 413 g/mol. The third-order valence-electron chi connectivity index (χ3n) is 4.84. The fraction of sp³-hybridized carbons (Fsp3) is 0.381. The Hall–Kier alpha value is -3.05. The van der Waals surface area contributed by atoms with Gasteiger partial charge in [-0.3, -0.25) is 4.79 Å². The van der Waals surface area contributed by atoms with Gasteiger partial charge in [-0.15, -0.1) is 11.3 Å². The van der Waals surface area contributed by atoms with Gasteiger partial charge in [0.1, 0.15) is 22.9 Å². The van der Waals surface area contributed by atoms with Crippen LogP contribution in [0, 0.1) is 11.3 Å². The molecule has 3 rings (SSSR count). The first-order valence-corrected chi connectivity index (χ1v) is 10.2. The van der Waals surface area contributed by atoms with Crippen LogP contribution in [-0.2, 0) is 22.4 Å². The number of rotatable bonds is 5. The van der Waals surface area contributed by atoms with E-state index in [9.17, 15) is 14.9 Å². The number of amides is 2. The summed E-state index contributed by atoms with van der Waals surface area (Å²) in [6.45, 7) is 3.85. The second-order valence-electron chi connectivity index (χ2n) is 7.11. The largest absolute Gasteiger partial charge is 0.465 e. The van der Waals surface area contributed by atoms with Crippen molar-refractivity contribution >= 4 is 34.4 Å². The van der Waals surface area contributed by atoms with Crippen molar-refractivity contribution in [3.8, 4) is 6.07 Å². The number of carbonyl (C=O) groups excluding carboxylic acids is 2. The van der Waals surface area contributed by atoms with Crippen LogP contribution < -0.4 is 5.32 Å². The number of fused-ring (bicyclic) bond motifs is 1. The quantitative estimate of drug-likeness (QED) is 0.741. The maximum Gasteiger partial charge on any atom is 0.410 e. The molecule has 0 saturated carbocycles. The fourth-order valence-electron chi connectivity index (χ4n) is 3.00. The summed E-state index contributed by atoms with van der Waals surface area (Å²) in [4.78, 5) is 26.9. The standard InChI is InChI=1S/C21H23N3O4S/c1-13(2)24(3)21(26)28-15-6-8-16-17(12-22)20(29-18(16)11-15)23-19(25)9-7-14-5-4-10-27-14/h4-5,7,9-10,13,15H,6,8,11H2,1-3H3,(H,23,25). The van der Waals surface area contributed by atoms with E-state index in [0.717, 1.165) is 10.4 Å². The van der Waals surface area contributed by atoms with Crippen LogP contribution in [-0.4, -0.2) is 36.1 Å². The summed E-state index contributed by atoms with van der Waals surface area (Å²) in [5.41, 5.74) is 1.43. The molecule has 1 atom stereocenters. The second-order valence-corrected chi connectivity index (χ2v) is 8.22. The zero-order chi connectivity index (χ0) is 21.0. The molecule has 0 aromatic carbocycles. The topological polar surface area (TPSA) is 95.6 Å². The molecule has 7 nitrogen and oxygen atoms in total. The molecule has 2 heterocycles. The molecular formula is C21H23N3O4S. The number of thiophene rings is 1. The Morgan fingerprint density at radius 2 is 2.28 bits per heavy atom. The summed E-state index contributed by atoms with van der Waals surface area (Å²) in [6, 6.07) is 5.74. The van der Waals surface area contributed by atoms with E-state index >= 15 is 0 Å². The molecule has 1 aliphatic rings. The molecule has 0 radical (unpaired) electrons. The summed E-state index contributed by atoms with van der Waals surface area (Å²) in [7, 11) is 1.71. The third-order valence-corrected chi connectivity index (χ3v) is 6.01. The van der Waals surface area contributed by atoms with Gasteiger partial charge in [0.05, 0.1) is 11.8 Å². The van der Waals surface area contributed by atoms with E-state index in [4.69, 9.17) is 9.15 Å². The van der Waals surface area contributed by atoms with E-state index in [0.29, 0.717) is 35.6 Å². The molecule has 0 fully saturated rings. The Bertz CT molecular complexity index is 953. The van der Waals surface area contributed by atoms with Gasteiger partial charge in [0.2, 0.25) is 5.91 Å². The van der Waals surface area contributed by atoms with Crippen LogP contribution in [0.5, 0.6) is 0 Å². The highest BCUT2D eigenvalue weighted by Crippen LogP contribution is 2.38. The molecule has 0 aliphatic heterocycles. The SMILES string of the molecule is CC(C)N(C)C(=O)OC1CCc2c(sc(NC(=O)C=Cc3ccco3)c2C#N)C1. The van der Waals surface area contributed by atoms with Gasteiger partial charge in [-0.2, -0.15) is 5.26 Å². The summed E-state index contributed by atoms with van der Waals surface area (Å²) < 4.78 is 10.8. The molecule has 2 aromatic rings. The van der Waals surface area contributed by atoms with Crippen LogP contribution >= 0.6 is 11.3 Å². The molecule has 29 heavy (non-hydrogen) atoms. The van der Waals surface area contributed by atoms with Crippen molar-refractivity contribution < 1.29 is 18.7 Å². The number of furan rings is 1. The lowest BCUT2D eigenvalue weighted by atomic mass is 9.94. The molecular weight excluding hydrogens is 390 g/mol. The van der Waals surface area contributed by atoms with Gasteiger partial charge in [-0.25, -0.2) is 4.79 Å².